The van der Waals surface area contributed by atoms with E-state index < -0.39 is 0 Å². The Hall–Kier alpha value is -2.11. The highest BCUT2D eigenvalue weighted by Gasteiger charge is 2.44. The summed E-state index contributed by atoms with van der Waals surface area (Å²) in [5.74, 6) is 0.948. The van der Waals surface area contributed by atoms with Gasteiger partial charge in [0.15, 0.2) is 0 Å². The summed E-state index contributed by atoms with van der Waals surface area (Å²) in [4.78, 5) is 21.2. The predicted molar refractivity (Wildman–Crippen MR) is 108 cm³/mol. The summed E-state index contributed by atoms with van der Waals surface area (Å²) in [7, 11) is 0. The smallest absolute Gasteiger partial charge is 0.234 e. The molecule has 1 saturated heterocycles. The Bertz CT molecular complexity index is 786. The molecule has 0 spiro atoms. The van der Waals surface area contributed by atoms with E-state index in [9.17, 15) is 4.79 Å². The van der Waals surface area contributed by atoms with Gasteiger partial charge in [-0.15, -0.1) is 0 Å². The monoisotopic (exact) mass is 384 g/mol. The number of rotatable bonds is 6. The largest absolute Gasteiger partial charge is 0.354 e. The van der Waals surface area contributed by atoms with Crippen molar-refractivity contribution < 1.29 is 4.79 Å². The molecule has 0 atom stereocenters. The van der Waals surface area contributed by atoms with Gasteiger partial charge in [0.25, 0.3) is 0 Å². The van der Waals surface area contributed by atoms with Crippen LogP contribution in [0.5, 0.6) is 0 Å². The van der Waals surface area contributed by atoms with E-state index in [-0.39, 0.29) is 11.3 Å². The Labute approximate surface area is 165 Å². The Morgan fingerprint density at radius 2 is 1.81 bits per heavy atom. The predicted octanol–water partition coefficient (Wildman–Crippen LogP) is 2.71. The third kappa shape index (κ3) is 4.25. The quantitative estimate of drug-likeness (QED) is 0.831. The van der Waals surface area contributed by atoms with Gasteiger partial charge in [-0.25, -0.2) is 4.98 Å². The maximum Gasteiger partial charge on any atom is 0.234 e. The first kappa shape index (κ1) is 18.3. The second-order valence-corrected chi connectivity index (χ2v) is 7.90. The first-order valence-corrected chi connectivity index (χ1v) is 9.94. The van der Waals surface area contributed by atoms with Crippen LogP contribution in [0.25, 0.3) is 0 Å². The lowest BCUT2D eigenvalue weighted by molar-refractivity contribution is -0.122. The van der Waals surface area contributed by atoms with E-state index in [0.29, 0.717) is 11.6 Å². The van der Waals surface area contributed by atoms with E-state index >= 15 is 0 Å². The van der Waals surface area contributed by atoms with Gasteiger partial charge in [0.1, 0.15) is 5.82 Å². The van der Waals surface area contributed by atoms with Crippen LogP contribution in [-0.4, -0.2) is 55.1 Å². The van der Waals surface area contributed by atoms with Gasteiger partial charge in [0, 0.05) is 44.3 Å². The van der Waals surface area contributed by atoms with Gasteiger partial charge < -0.3 is 10.2 Å². The minimum Gasteiger partial charge on any atom is -0.354 e. The van der Waals surface area contributed by atoms with Crippen molar-refractivity contribution in [3.05, 3.63) is 59.2 Å². The Kier molecular flexibility index (Phi) is 5.32. The number of aromatic nitrogens is 1. The van der Waals surface area contributed by atoms with Gasteiger partial charge in [-0.2, -0.15) is 0 Å². The van der Waals surface area contributed by atoms with E-state index in [4.69, 9.17) is 11.6 Å². The normalized spacial score (nSPS) is 18.9. The molecule has 1 aromatic carbocycles. The van der Waals surface area contributed by atoms with Crippen molar-refractivity contribution in [3.63, 3.8) is 0 Å². The number of benzene rings is 1. The number of amides is 1. The second kappa shape index (κ2) is 7.87. The van der Waals surface area contributed by atoms with Crippen molar-refractivity contribution in [1.82, 2.24) is 15.2 Å². The summed E-state index contributed by atoms with van der Waals surface area (Å²) in [6.07, 6.45) is 4.07. The topological polar surface area (TPSA) is 48.5 Å². The van der Waals surface area contributed by atoms with Crippen molar-refractivity contribution >= 4 is 23.3 Å². The number of hydrogen-bond acceptors (Lipinski definition) is 4. The molecule has 6 heteroatoms. The standard InChI is InChI=1S/C21H25ClN4O/c22-18-7-4-10-23-20(18)26-13-11-25(12-14-26)15-19(27)24-16-21(8-9-21)17-5-2-1-3-6-17/h1-7,10H,8-9,11-16H2,(H,24,27). The zero-order valence-electron chi connectivity index (χ0n) is 15.4. The molecule has 0 radical (unpaired) electrons. The maximum absolute atomic E-state index is 12.4. The molecule has 0 unspecified atom stereocenters. The average Bonchev–Trinajstić information content (AvgIpc) is 3.50. The number of carbonyl (C=O) groups excluding carboxylic acids is 1. The summed E-state index contributed by atoms with van der Waals surface area (Å²) in [6, 6.07) is 14.2. The summed E-state index contributed by atoms with van der Waals surface area (Å²) in [6.45, 7) is 4.53. The molecule has 1 amide bonds. The van der Waals surface area contributed by atoms with Crippen LogP contribution in [0.1, 0.15) is 18.4 Å². The molecule has 2 heterocycles. The molecule has 2 aromatic rings. The molecule has 2 fully saturated rings. The molecule has 1 saturated carbocycles. The second-order valence-electron chi connectivity index (χ2n) is 7.50. The van der Waals surface area contributed by atoms with Gasteiger partial charge in [-0.05, 0) is 30.5 Å². The number of carbonyl (C=O) groups is 1. The molecule has 1 aliphatic heterocycles. The van der Waals surface area contributed by atoms with Crippen molar-refractivity contribution in [3.8, 4) is 0 Å². The molecule has 142 valence electrons. The number of nitrogens with one attached hydrogen (secondary N) is 1. The van der Waals surface area contributed by atoms with E-state index in [1.165, 1.54) is 5.56 Å². The van der Waals surface area contributed by atoms with Gasteiger partial charge in [0.05, 0.1) is 11.6 Å². The van der Waals surface area contributed by atoms with E-state index in [0.717, 1.165) is 51.4 Å². The number of halogens is 1. The minimum absolute atomic E-state index is 0.113. The number of hydrogen-bond donors (Lipinski definition) is 1. The number of nitrogens with zero attached hydrogens (tertiary/aromatic N) is 3. The maximum atomic E-state index is 12.4. The van der Waals surface area contributed by atoms with E-state index in [1.54, 1.807) is 6.20 Å². The molecule has 2 aliphatic rings. The van der Waals surface area contributed by atoms with Crippen molar-refractivity contribution in [2.45, 2.75) is 18.3 Å². The summed E-state index contributed by atoms with van der Waals surface area (Å²) in [5, 5.41) is 3.84. The molecule has 0 bridgehead atoms. The fraction of sp³-hybridized carbons (Fsp3) is 0.429. The van der Waals surface area contributed by atoms with Gasteiger partial charge in [-0.3, -0.25) is 9.69 Å². The Morgan fingerprint density at radius 1 is 1.07 bits per heavy atom. The average molecular weight is 385 g/mol. The highest BCUT2D eigenvalue weighted by atomic mass is 35.5. The van der Waals surface area contributed by atoms with Crippen LogP contribution < -0.4 is 10.2 Å². The molecular formula is C21H25ClN4O. The van der Waals surface area contributed by atoms with E-state index in [1.807, 2.05) is 18.2 Å². The van der Waals surface area contributed by atoms with Crippen LogP contribution in [0.3, 0.4) is 0 Å². The van der Waals surface area contributed by atoms with Gasteiger partial charge in [-0.1, -0.05) is 41.9 Å². The van der Waals surface area contributed by atoms with Crippen LogP contribution in [0, 0.1) is 0 Å². The molecule has 1 aromatic heterocycles. The van der Waals surface area contributed by atoms with E-state index in [2.05, 4.69) is 44.4 Å². The van der Waals surface area contributed by atoms with Crippen molar-refractivity contribution in [2.75, 3.05) is 44.2 Å². The minimum atomic E-state index is 0.113. The molecular weight excluding hydrogens is 360 g/mol. The lowest BCUT2D eigenvalue weighted by Gasteiger charge is -2.35. The third-order valence-corrected chi connectivity index (χ3v) is 5.94. The fourth-order valence-corrected chi connectivity index (χ4v) is 4.01. The van der Waals surface area contributed by atoms with Crippen molar-refractivity contribution in [2.24, 2.45) is 0 Å². The third-order valence-electron chi connectivity index (χ3n) is 5.64. The lowest BCUT2D eigenvalue weighted by Crippen LogP contribution is -2.50. The molecule has 4 rings (SSSR count). The molecule has 1 N–H and O–H groups in total. The zero-order chi connectivity index (χ0) is 18.7. The first-order valence-electron chi connectivity index (χ1n) is 9.56. The Morgan fingerprint density at radius 3 is 2.48 bits per heavy atom. The van der Waals surface area contributed by atoms with Crippen LogP contribution in [0.2, 0.25) is 5.02 Å². The highest BCUT2D eigenvalue weighted by molar-refractivity contribution is 6.32. The summed E-state index contributed by atoms with van der Waals surface area (Å²) >= 11 is 6.24. The number of piperazine rings is 1. The molecule has 27 heavy (non-hydrogen) atoms. The van der Waals surface area contributed by atoms with Crippen molar-refractivity contribution in [1.29, 1.82) is 0 Å². The van der Waals surface area contributed by atoms with Crippen LogP contribution in [0.4, 0.5) is 5.82 Å². The van der Waals surface area contributed by atoms with Gasteiger partial charge >= 0.3 is 0 Å². The molecule has 5 nitrogen and oxygen atoms in total. The SMILES string of the molecule is O=C(CN1CCN(c2ncccc2Cl)CC1)NCC1(c2ccccc2)CC1. The highest BCUT2D eigenvalue weighted by Crippen LogP contribution is 2.47. The summed E-state index contributed by atoms with van der Waals surface area (Å²) in [5.41, 5.74) is 1.50. The number of anilines is 1. The number of pyridine rings is 1. The van der Waals surface area contributed by atoms with Crippen LogP contribution in [0.15, 0.2) is 48.7 Å². The Balaban J connectivity index is 1.24. The summed E-state index contributed by atoms with van der Waals surface area (Å²) < 4.78 is 0. The fourth-order valence-electron chi connectivity index (χ4n) is 3.76. The molecule has 1 aliphatic carbocycles. The first-order chi connectivity index (χ1) is 13.2. The lowest BCUT2D eigenvalue weighted by atomic mass is 9.96. The zero-order valence-corrected chi connectivity index (χ0v) is 16.2. The van der Waals surface area contributed by atoms with Crippen LogP contribution in [-0.2, 0) is 10.2 Å². The van der Waals surface area contributed by atoms with Crippen LogP contribution >= 0.6 is 11.6 Å². The van der Waals surface area contributed by atoms with Gasteiger partial charge in [0.2, 0.25) is 5.91 Å².